The Morgan fingerprint density at radius 1 is 1.22 bits per heavy atom. The van der Waals surface area contributed by atoms with E-state index in [0.29, 0.717) is 11.3 Å². The summed E-state index contributed by atoms with van der Waals surface area (Å²) in [7, 11) is 0. The van der Waals surface area contributed by atoms with Crippen molar-refractivity contribution in [3.8, 4) is 11.3 Å². The molecule has 1 aliphatic rings. The number of hydrogen-bond donors (Lipinski definition) is 1. The molecule has 166 valence electrons. The number of anilines is 2. The normalized spacial score (nSPS) is 18.4. The van der Waals surface area contributed by atoms with Crippen molar-refractivity contribution in [3.63, 3.8) is 0 Å². The first-order valence-electron chi connectivity index (χ1n) is 10.3. The summed E-state index contributed by atoms with van der Waals surface area (Å²) in [4.78, 5) is 30.4. The first-order chi connectivity index (χ1) is 15.3. The van der Waals surface area contributed by atoms with Crippen molar-refractivity contribution in [1.29, 1.82) is 0 Å². The highest BCUT2D eigenvalue weighted by Gasteiger charge is 2.24. The zero-order valence-corrected chi connectivity index (χ0v) is 18.9. The number of aryl methyl sites for hydroxylation is 1. The summed E-state index contributed by atoms with van der Waals surface area (Å²) in [5.74, 6) is -0.402. The smallest absolute Gasteiger partial charge is 0.273 e. The number of nitro benzene ring substituents is 1. The van der Waals surface area contributed by atoms with Gasteiger partial charge in [-0.25, -0.2) is 4.98 Å². The lowest BCUT2D eigenvalue weighted by Crippen LogP contribution is -2.45. The van der Waals surface area contributed by atoms with Crippen LogP contribution < -0.4 is 10.2 Å². The molecule has 1 aromatic heterocycles. The fourth-order valence-electron chi connectivity index (χ4n) is 3.78. The molecule has 1 aliphatic heterocycles. The van der Waals surface area contributed by atoms with Gasteiger partial charge in [0, 0.05) is 46.9 Å². The van der Waals surface area contributed by atoms with Crippen LogP contribution in [0.1, 0.15) is 29.8 Å². The zero-order valence-electron chi connectivity index (χ0n) is 18.1. The van der Waals surface area contributed by atoms with Gasteiger partial charge in [0.2, 0.25) is 0 Å². The molecule has 2 heterocycles. The van der Waals surface area contributed by atoms with Crippen molar-refractivity contribution in [1.82, 2.24) is 4.98 Å². The van der Waals surface area contributed by atoms with Gasteiger partial charge in [-0.15, -0.1) is 11.3 Å². The van der Waals surface area contributed by atoms with Gasteiger partial charge < -0.3 is 15.0 Å². The number of rotatable bonds is 5. The summed E-state index contributed by atoms with van der Waals surface area (Å²) < 4.78 is 5.80. The summed E-state index contributed by atoms with van der Waals surface area (Å²) in [6.45, 7) is 7.37. The number of hydrogen-bond acceptors (Lipinski definition) is 7. The maximum Gasteiger partial charge on any atom is 0.273 e. The minimum Gasteiger partial charge on any atom is -0.372 e. The van der Waals surface area contributed by atoms with E-state index in [-0.39, 0.29) is 23.5 Å². The van der Waals surface area contributed by atoms with E-state index in [9.17, 15) is 14.9 Å². The van der Waals surface area contributed by atoms with E-state index >= 15 is 0 Å². The molecule has 4 rings (SSSR count). The molecule has 2 atom stereocenters. The Kier molecular flexibility index (Phi) is 6.20. The third kappa shape index (κ3) is 4.79. The monoisotopic (exact) mass is 452 g/mol. The molecule has 8 nitrogen and oxygen atoms in total. The second-order valence-corrected chi connectivity index (χ2v) is 8.81. The summed E-state index contributed by atoms with van der Waals surface area (Å²) in [5, 5.41) is 16.9. The second kappa shape index (κ2) is 9.05. The summed E-state index contributed by atoms with van der Waals surface area (Å²) in [5.41, 5.74) is 2.98. The number of nitrogens with one attached hydrogen (secondary N) is 1. The second-order valence-electron chi connectivity index (χ2n) is 7.97. The molecule has 1 N–H and O–H groups in total. The maximum atomic E-state index is 12.7. The van der Waals surface area contributed by atoms with E-state index in [1.165, 1.54) is 6.07 Å². The highest BCUT2D eigenvalue weighted by Crippen LogP contribution is 2.30. The first kappa shape index (κ1) is 21.9. The molecule has 1 saturated heterocycles. The van der Waals surface area contributed by atoms with Crippen LogP contribution in [0.15, 0.2) is 47.8 Å². The number of ether oxygens (including phenoxy) is 1. The number of aromatic nitrogens is 1. The zero-order chi connectivity index (χ0) is 22.8. The van der Waals surface area contributed by atoms with E-state index in [4.69, 9.17) is 9.72 Å². The van der Waals surface area contributed by atoms with Crippen LogP contribution in [0, 0.1) is 17.0 Å². The number of carbonyl (C=O) groups excluding carboxylic acids is 1. The van der Waals surface area contributed by atoms with Gasteiger partial charge in [-0.1, -0.05) is 18.2 Å². The fourth-order valence-corrected chi connectivity index (χ4v) is 4.64. The van der Waals surface area contributed by atoms with Crippen LogP contribution in [0.5, 0.6) is 0 Å². The molecule has 0 aliphatic carbocycles. The number of nitro groups is 1. The lowest BCUT2D eigenvalue weighted by atomic mass is 10.1. The van der Waals surface area contributed by atoms with E-state index in [1.807, 2.05) is 23.6 Å². The molecule has 2 unspecified atom stereocenters. The van der Waals surface area contributed by atoms with Gasteiger partial charge in [-0.3, -0.25) is 14.9 Å². The lowest BCUT2D eigenvalue weighted by Gasteiger charge is -2.35. The van der Waals surface area contributed by atoms with Crippen molar-refractivity contribution in [2.75, 3.05) is 23.3 Å². The summed E-state index contributed by atoms with van der Waals surface area (Å²) >= 11 is 1.59. The quantitative estimate of drug-likeness (QED) is 0.437. The molecule has 0 bridgehead atoms. The molecule has 32 heavy (non-hydrogen) atoms. The molecule has 0 radical (unpaired) electrons. The Balaban J connectivity index is 1.51. The van der Waals surface area contributed by atoms with Crippen LogP contribution in [0.4, 0.5) is 16.5 Å². The van der Waals surface area contributed by atoms with E-state index in [0.717, 1.165) is 29.5 Å². The van der Waals surface area contributed by atoms with Crippen molar-refractivity contribution in [3.05, 3.63) is 69.1 Å². The summed E-state index contributed by atoms with van der Waals surface area (Å²) in [6.07, 6.45) is 0.310. The van der Waals surface area contributed by atoms with Gasteiger partial charge in [0.05, 0.1) is 22.8 Å². The maximum absolute atomic E-state index is 12.7. The minimum absolute atomic E-state index is 0.0758. The van der Waals surface area contributed by atoms with Gasteiger partial charge in [0.25, 0.3) is 11.6 Å². The van der Waals surface area contributed by atoms with Gasteiger partial charge in [0.1, 0.15) is 0 Å². The number of nitrogens with zero attached hydrogens (tertiary/aromatic N) is 3. The van der Waals surface area contributed by atoms with Crippen molar-refractivity contribution in [2.24, 2.45) is 0 Å². The molecule has 9 heteroatoms. The Morgan fingerprint density at radius 3 is 2.69 bits per heavy atom. The topological polar surface area (TPSA) is 97.6 Å². The molecule has 3 aromatic rings. The molecule has 0 saturated carbocycles. The fraction of sp³-hybridized carbons (Fsp3) is 0.304. The average Bonchev–Trinajstić information content (AvgIpc) is 3.24. The molecule has 0 spiro atoms. The van der Waals surface area contributed by atoms with Gasteiger partial charge in [0.15, 0.2) is 5.13 Å². The van der Waals surface area contributed by atoms with Crippen molar-refractivity contribution >= 4 is 33.8 Å². The molecular formula is C23H24N4O4S. The average molecular weight is 453 g/mol. The van der Waals surface area contributed by atoms with Crippen molar-refractivity contribution in [2.45, 2.75) is 33.0 Å². The van der Waals surface area contributed by atoms with Crippen LogP contribution in [0.3, 0.4) is 0 Å². The van der Waals surface area contributed by atoms with E-state index in [2.05, 4.69) is 24.1 Å². The van der Waals surface area contributed by atoms with Gasteiger partial charge in [-0.05, 0) is 39.0 Å². The SMILES string of the molecule is Cc1ccc(C(=O)Nc2cccc(-c3csc(N4CC(C)OC(C)C4)n3)c2)cc1[N+](=O)[O-]. The van der Waals surface area contributed by atoms with Crippen molar-refractivity contribution < 1.29 is 14.5 Å². The Bertz CT molecular complexity index is 1150. The molecule has 1 amide bonds. The predicted molar refractivity (Wildman–Crippen MR) is 126 cm³/mol. The number of amides is 1. The third-order valence-electron chi connectivity index (χ3n) is 5.27. The Hall–Kier alpha value is -3.30. The first-order valence-corrected chi connectivity index (χ1v) is 11.2. The Morgan fingerprint density at radius 2 is 1.97 bits per heavy atom. The number of thiazole rings is 1. The highest BCUT2D eigenvalue weighted by atomic mass is 32.1. The predicted octanol–water partition coefficient (Wildman–Crippen LogP) is 4.89. The van der Waals surface area contributed by atoms with Crippen LogP contribution >= 0.6 is 11.3 Å². The molecular weight excluding hydrogens is 428 g/mol. The Labute approximate surface area is 190 Å². The van der Waals surface area contributed by atoms with E-state index in [1.54, 1.807) is 36.5 Å². The number of benzene rings is 2. The molecule has 1 fully saturated rings. The van der Waals surface area contributed by atoms with Gasteiger partial charge in [-0.2, -0.15) is 0 Å². The van der Waals surface area contributed by atoms with Gasteiger partial charge >= 0.3 is 0 Å². The number of morpholine rings is 1. The summed E-state index contributed by atoms with van der Waals surface area (Å²) in [6, 6.07) is 11.9. The van der Waals surface area contributed by atoms with Crippen LogP contribution in [0.2, 0.25) is 0 Å². The third-order valence-corrected chi connectivity index (χ3v) is 6.17. The largest absolute Gasteiger partial charge is 0.372 e. The lowest BCUT2D eigenvalue weighted by molar-refractivity contribution is -0.385. The highest BCUT2D eigenvalue weighted by molar-refractivity contribution is 7.14. The van der Waals surface area contributed by atoms with E-state index < -0.39 is 10.8 Å². The molecule has 2 aromatic carbocycles. The minimum atomic E-state index is -0.484. The standard InChI is InChI=1S/C23H24N4O4S/c1-14-7-8-18(10-21(14)27(29)30)22(28)24-19-6-4-5-17(9-19)20-13-32-23(25-20)26-11-15(2)31-16(3)12-26/h4-10,13,15-16H,11-12H2,1-3H3,(H,24,28). The number of carbonyl (C=O) groups is 1. The van der Waals surface area contributed by atoms with Crippen LogP contribution in [-0.4, -0.2) is 41.1 Å². The van der Waals surface area contributed by atoms with Crippen LogP contribution in [0.25, 0.3) is 11.3 Å². The van der Waals surface area contributed by atoms with Crippen LogP contribution in [-0.2, 0) is 4.74 Å².